The molecular formula is C13H23N3O3S. The topological polar surface area (TPSA) is 77.6 Å². The Labute approximate surface area is 120 Å². The molecule has 2 N–H and O–H groups in total. The Morgan fingerprint density at radius 1 is 1.35 bits per heavy atom. The third-order valence-electron chi connectivity index (χ3n) is 3.45. The second-order valence-electron chi connectivity index (χ2n) is 4.93. The predicted octanol–water partition coefficient (Wildman–Crippen LogP) is 0.768. The molecule has 0 unspecified atom stereocenters. The zero-order chi connectivity index (χ0) is 14.6. The summed E-state index contributed by atoms with van der Waals surface area (Å²) in [6, 6.07) is 1.69. The van der Waals surface area contributed by atoms with Crippen molar-refractivity contribution in [3.8, 4) is 0 Å². The Kier molecular flexibility index (Phi) is 5.20. The molecule has 1 aromatic heterocycles. The van der Waals surface area contributed by atoms with Crippen LogP contribution >= 0.6 is 0 Å². The van der Waals surface area contributed by atoms with E-state index in [0.717, 1.165) is 25.1 Å². The lowest BCUT2D eigenvalue weighted by molar-refractivity contribution is 0.148. The van der Waals surface area contributed by atoms with Crippen LogP contribution in [0.1, 0.15) is 25.5 Å². The van der Waals surface area contributed by atoms with Gasteiger partial charge in [-0.1, -0.05) is 6.92 Å². The van der Waals surface area contributed by atoms with Crippen molar-refractivity contribution >= 4 is 10.0 Å². The van der Waals surface area contributed by atoms with Gasteiger partial charge in [-0.25, -0.2) is 8.42 Å². The number of rotatable bonds is 5. The van der Waals surface area contributed by atoms with Crippen molar-refractivity contribution in [2.24, 2.45) is 5.73 Å². The van der Waals surface area contributed by atoms with E-state index in [9.17, 15) is 8.42 Å². The van der Waals surface area contributed by atoms with Crippen molar-refractivity contribution < 1.29 is 13.2 Å². The van der Waals surface area contributed by atoms with Gasteiger partial charge in [0, 0.05) is 44.7 Å². The second-order valence-corrected chi connectivity index (χ2v) is 6.87. The van der Waals surface area contributed by atoms with Crippen molar-refractivity contribution in [2.45, 2.75) is 37.8 Å². The van der Waals surface area contributed by atoms with Gasteiger partial charge in [-0.05, 0) is 18.9 Å². The van der Waals surface area contributed by atoms with Gasteiger partial charge in [-0.15, -0.1) is 0 Å². The van der Waals surface area contributed by atoms with Crippen LogP contribution in [0.3, 0.4) is 0 Å². The highest BCUT2D eigenvalue weighted by molar-refractivity contribution is 7.89. The summed E-state index contributed by atoms with van der Waals surface area (Å²) in [5.41, 5.74) is 6.55. The van der Waals surface area contributed by atoms with E-state index in [-0.39, 0.29) is 0 Å². The average Bonchev–Trinajstić information content (AvgIpc) is 2.66. The minimum atomic E-state index is -3.44. The maximum atomic E-state index is 12.6. The Balaban J connectivity index is 2.28. The molecule has 0 spiro atoms. The molecule has 2 rings (SSSR count). The zero-order valence-corrected chi connectivity index (χ0v) is 12.7. The molecule has 1 saturated heterocycles. The SMILES string of the molecule is CCCn1cc(S(=O)(=O)N2CCCOCC2)cc1CN. The van der Waals surface area contributed by atoms with E-state index in [1.807, 2.05) is 4.57 Å². The van der Waals surface area contributed by atoms with Crippen LogP contribution < -0.4 is 5.73 Å². The summed E-state index contributed by atoms with van der Waals surface area (Å²) >= 11 is 0. The van der Waals surface area contributed by atoms with Gasteiger partial charge >= 0.3 is 0 Å². The van der Waals surface area contributed by atoms with E-state index in [1.54, 1.807) is 12.3 Å². The molecule has 1 fully saturated rings. The molecule has 1 aliphatic rings. The van der Waals surface area contributed by atoms with Crippen LogP contribution in [-0.2, 0) is 27.8 Å². The number of aryl methyl sites for hydroxylation is 1. The van der Waals surface area contributed by atoms with E-state index in [4.69, 9.17) is 10.5 Å². The molecule has 2 heterocycles. The first-order valence-corrected chi connectivity index (χ1v) is 8.50. The summed E-state index contributed by atoms with van der Waals surface area (Å²) in [6.07, 6.45) is 3.38. The highest BCUT2D eigenvalue weighted by Crippen LogP contribution is 2.20. The van der Waals surface area contributed by atoms with Crippen molar-refractivity contribution in [2.75, 3.05) is 26.3 Å². The Morgan fingerprint density at radius 2 is 2.15 bits per heavy atom. The smallest absolute Gasteiger partial charge is 0.244 e. The minimum Gasteiger partial charge on any atom is -0.380 e. The van der Waals surface area contributed by atoms with Crippen LogP contribution in [0.15, 0.2) is 17.2 Å². The quantitative estimate of drug-likeness (QED) is 0.871. The molecule has 20 heavy (non-hydrogen) atoms. The van der Waals surface area contributed by atoms with Gasteiger partial charge in [-0.2, -0.15) is 4.31 Å². The number of ether oxygens (including phenoxy) is 1. The van der Waals surface area contributed by atoms with Crippen LogP contribution in [0.4, 0.5) is 0 Å². The third kappa shape index (κ3) is 3.22. The largest absolute Gasteiger partial charge is 0.380 e. The van der Waals surface area contributed by atoms with Gasteiger partial charge in [0.2, 0.25) is 10.0 Å². The normalized spacial score (nSPS) is 18.1. The fourth-order valence-corrected chi connectivity index (χ4v) is 3.93. The lowest BCUT2D eigenvalue weighted by Crippen LogP contribution is -2.33. The Bertz CT molecular complexity index is 531. The predicted molar refractivity (Wildman–Crippen MR) is 76.8 cm³/mol. The van der Waals surface area contributed by atoms with Crippen LogP contribution in [0.5, 0.6) is 0 Å². The standard InChI is InChI=1S/C13H23N3O3S/c1-2-4-15-11-13(9-12(15)10-14)20(17,18)16-5-3-7-19-8-6-16/h9,11H,2-8,10,14H2,1H3. The van der Waals surface area contributed by atoms with E-state index >= 15 is 0 Å². The summed E-state index contributed by atoms with van der Waals surface area (Å²) in [5, 5.41) is 0. The summed E-state index contributed by atoms with van der Waals surface area (Å²) < 4.78 is 34.0. The monoisotopic (exact) mass is 301 g/mol. The van der Waals surface area contributed by atoms with E-state index < -0.39 is 10.0 Å². The Hall–Kier alpha value is -0.890. The van der Waals surface area contributed by atoms with Crippen LogP contribution in [0, 0.1) is 0 Å². The lowest BCUT2D eigenvalue weighted by Gasteiger charge is -2.18. The maximum Gasteiger partial charge on any atom is 0.244 e. The molecule has 0 aromatic carbocycles. The highest BCUT2D eigenvalue weighted by Gasteiger charge is 2.27. The number of nitrogens with two attached hydrogens (primary N) is 1. The number of hydrogen-bond donors (Lipinski definition) is 1. The van der Waals surface area contributed by atoms with E-state index in [1.165, 1.54) is 4.31 Å². The fraction of sp³-hybridized carbons (Fsp3) is 0.692. The van der Waals surface area contributed by atoms with Crippen LogP contribution in [0.25, 0.3) is 0 Å². The maximum absolute atomic E-state index is 12.6. The summed E-state index contributed by atoms with van der Waals surface area (Å²) in [4.78, 5) is 0.341. The fourth-order valence-electron chi connectivity index (χ4n) is 2.40. The second kappa shape index (κ2) is 6.71. The van der Waals surface area contributed by atoms with Crippen LogP contribution in [0.2, 0.25) is 0 Å². The first kappa shape index (κ1) is 15.5. The molecule has 7 heteroatoms. The molecule has 0 bridgehead atoms. The molecule has 0 atom stereocenters. The number of hydrogen-bond acceptors (Lipinski definition) is 4. The lowest BCUT2D eigenvalue weighted by atomic mass is 10.4. The third-order valence-corrected chi connectivity index (χ3v) is 5.32. The summed E-state index contributed by atoms with van der Waals surface area (Å²) in [5.74, 6) is 0. The van der Waals surface area contributed by atoms with Crippen molar-refractivity contribution in [3.63, 3.8) is 0 Å². The van der Waals surface area contributed by atoms with Crippen molar-refractivity contribution in [1.82, 2.24) is 8.87 Å². The molecule has 114 valence electrons. The molecule has 6 nitrogen and oxygen atoms in total. The average molecular weight is 301 g/mol. The van der Waals surface area contributed by atoms with Gasteiger partial charge in [-0.3, -0.25) is 0 Å². The highest BCUT2D eigenvalue weighted by atomic mass is 32.2. The Morgan fingerprint density at radius 3 is 2.85 bits per heavy atom. The van der Waals surface area contributed by atoms with Crippen molar-refractivity contribution in [3.05, 3.63) is 18.0 Å². The molecule has 1 aromatic rings. The number of sulfonamides is 1. The van der Waals surface area contributed by atoms with Crippen molar-refractivity contribution in [1.29, 1.82) is 0 Å². The van der Waals surface area contributed by atoms with Gasteiger partial charge < -0.3 is 15.0 Å². The molecule has 0 radical (unpaired) electrons. The first-order valence-electron chi connectivity index (χ1n) is 7.06. The number of nitrogens with zero attached hydrogens (tertiary/aromatic N) is 2. The van der Waals surface area contributed by atoms with Gasteiger partial charge in [0.25, 0.3) is 0 Å². The van der Waals surface area contributed by atoms with Gasteiger partial charge in [0.15, 0.2) is 0 Å². The molecule has 0 saturated carbocycles. The molecule has 1 aliphatic heterocycles. The van der Waals surface area contributed by atoms with E-state index in [0.29, 0.717) is 37.7 Å². The first-order chi connectivity index (χ1) is 9.59. The molecule has 0 amide bonds. The molecule has 0 aliphatic carbocycles. The van der Waals surface area contributed by atoms with Crippen LogP contribution in [-0.4, -0.2) is 43.6 Å². The summed E-state index contributed by atoms with van der Waals surface area (Å²) in [6.45, 7) is 5.19. The van der Waals surface area contributed by atoms with Gasteiger partial charge in [0.05, 0.1) is 6.61 Å². The van der Waals surface area contributed by atoms with E-state index in [2.05, 4.69) is 6.92 Å². The van der Waals surface area contributed by atoms with Gasteiger partial charge in [0.1, 0.15) is 4.90 Å². The zero-order valence-electron chi connectivity index (χ0n) is 11.9. The number of aromatic nitrogens is 1. The summed E-state index contributed by atoms with van der Waals surface area (Å²) in [7, 11) is -3.44. The molecular weight excluding hydrogens is 278 g/mol. The minimum absolute atomic E-state index is 0.341.